The van der Waals surface area contributed by atoms with Gasteiger partial charge in [-0.15, -0.1) is 0 Å². The minimum Gasteiger partial charge on any atom is -0.313 e. The molecule has 0 amide bonds. The summed E-state index contributed by atoms with van der Waals surface area (Å²) in [5.41, 5.74) is 0.395. The van der Waals surface area contributed by atoms with Crippen LogP contribution in [0.25, 0.3) is 0 Å². The number of halogens is 3. The molecular weight excluding hydrogens is 239 g/mol. The molecular formula is C14H18F3N. The molecule has 0 bridgehead atoms. The van der Waals surface area contributed by atoms with E-state index in [-0.39, 0.29) is 0 Å². The van der Waals surface area contributed by atoms with Crippen molar-refractivity contribution in [3.63, 3.8) is 0 Å². The second-order valence-electron chi connectivity index (χ2n) is 5.19. The van der Waals surface area contributed by atoms with Crippen LogP contribution in [-0.4, -0.2) is 12.6 Å². The Morgan fingerprint density at radius 2 is 1.83 bits per heavy atom. The van der Waals surface area contributed by atoms with Gasteiger partial charge >= 0.3 is 6.18 Å². The Bertz CT molecular complexity index is 375. The molecule has 1 aliphatic rings. The molecule has 0 aliphatic carbocycles. The first-order chi connectivity index (χ1) is 8.45. The predicted octanol–water partition coefficient (Wildman–Crippen LogP) is 3.64. The minimum atomic E-state index is -4.24. The molecule has 0 aromatic heterocycles. The maximum Gasteiger partial charge on any atom is 0.416 e. The van der Waals surface area contributed by atoms with Gasteiger partial charge in [0.05, 0.1) is 5.56 Å². The molecule has 1 N–H and O–H groups in total. The lowest BCUT2D eigenvalue weighted by molar-refractivity contribution is -0.137. The molecule has 0 spiro atoms. The molecule has 1 saturated heterocycles. The second kappa shape index (κ2) is 5.31. The highest BCUT2D eigenvalue weighted by molar-refractivity contribution is 5.25. The predicted molar refractivity (Wildman–Crippen MR) is 65.3 cm³/mol. The number of rotatable bonds is 2. The quantitative estimate of drug-likeness (QED) is 0.853. The molecule has 2 atom stereocenters. The van der Waals surface area contributed by atoms with Crippen molar-refractivity contribution in [2.75, 3.05) is 6.54 Å². The van der Waals surface area contributed by atoms with Crippen molar-refractivity contribution in [1.29, 1.82) is 0 Å². The maximum absolute atomic E-state index is 12.4. The number of piperidine rings is 1. The van der Waals surface area contributed by atoms with Gasteiger partial charge in [-0.1, -0.05) is 19.1 Å². The molecule has 1 aliphatic heterocycles. The van der Waals surface area contributed by atoms with Crippen LogP contribution in [0, 0.1) is 5.92 Å². The summed E-state index contributed by atoms with van der Waals surface area (Å²) in [4.78, 5) is 0. The fourth-order valence-corrected chi connectivity index (χ4v) is 2.35. The van der Waals surface area contributed by atoms with Crippen LogP contribution in [0.4, 0.5) is 13.2 Å². The Labute approximate surface area is 105 Å². The lowest BCUT2D eigenvalue weighted by Crippen LogP contribution is -2.39. The van der Waals surface area contributed by atoms with Gasteiger partial charge in [-0.2, -0.15) is 13.2 Å². The summed E-state index contributed by atoms with van der Waals surface area (Å²) in [5, 5.41) is 3.44. The van der Waals surface area contributed by atoms with Crippen molar-refractivity contribution in [1.82, 2.24) is 5.32 Å². The maximum atomic E-state index is 12.4. The molecule has 1 nitrogen and oxygen atoms in total. The minimum absolute atomic E-state index is 0.401. The lowest BCUT2D eigenvalue weighted by atomic mass is 9.92. The van der Waals surface area contributed by atoms with E-state index in [4.69, 9.17) is 0 Å². The van der Waals surface area contributed by atoms with Crippen LogP contribution in [0.3, 0.4) is 0 Å². The molecule has 1 fully saturated rings. The van der Waals surface area contributed by atoms with E-state index in [1.807, 2.05) is 0 Å². The molecule has 1 aromatic rings. The molecule has 4 heteroatoms. The fraction of sp³-hybridized carbons (Fsp3) is 0.571. The van der Waals surface area contributed by atoms with E-state index in [9.17, 15) is 13.2 Å². The van der Waals surface area contributed by atoms with Crippen molar-refractivity contribution in [3.05, 3.63) is 35.4 Å². The highest BCUT2D eigenvalue weighted by Gasteiger charge is 2.30. The van der Waals surface area contributed by atoms with E-state index in [2.05, 4.69) is 12.2 Å². The van der Waals surface area contributed by atoms with Crippen LogP contribution in [0.1, 0.15) is 30.9 Å². The summed E-state index contributed by atoms with van der Waals surface area (Å²) in [5.74, 6) is 0.703. The molecule has 1 aromatic carbocycles. The standard InChI is InChI=1S/C14H18F3N/c1-10-2-7-13(18-9-10)8-11-3-5-12(6-4-11)14(15,16)17/h3-6,10,13,18H,2,7-9H2,1H3. The average Bonchev–Trinajstić information content (AvgIpc) is 2.32. The molecule has 2 rings (SSSR count). The summed E-state index contributed by atoms with van der Waals surface area (Å²) in [6.45, 7) is 3.21. The third-order valence-corrected chi connectivity index (χ3v) is 3.53. The number of hydrogen-bond acceptors (Lipinski definition) is 1. The summed E-state index contributed by atoms with van der Waals surface area (Å²) < 4.78 is 37.2. The number of hydrogen-bond donors (Lipinski definition) is 1. The van der Waals surface area contributed by atoms with E-state index in [1.54, 1.807) is 12.1 Å². The summed E-state index contributed by atoms with van der Waals surface area (Å²) in [6, 6.07) is 5.91. The Hall–Kier alpha value is -1.03. The first kappa shape index (κ1) is 13.4. The third-order valence-electron chi connectivity index (χ3n) is 3.53. The normalized spacial score (nSPS) is 25.1. The Morgan fingerprint density at radius 3 is 2.33 bits per heavy atom. The van der Waals surface area contributed by atoms with E-state index in [0.29, 0.717) is 12.0 Å². The zero-order valence-electron chi connectivity index (χ0n) is 10.4. The fourth-order valence-electron chi connectivity index (χ4n) is 2.35. The Balaban J connectivity index is 1.94. The summed E-state index contributed by atoms with van der Waals surface area (Å²) in [7, 11) is 0. The van der Waals surface area contributed by atoms with E-state index < -0.39 is 11.7 Å². The van der Waals surface area contributed by atoms with Crippen LogP contribution in [0.15, 0.2) is 24.3 Å². The lowest BCUT2D eigenvalue weighted by Gasteiger charge is -2.27. The Morgan fingerprint density at radius 1 is 1.17 bits per heavy atom. The van der Waals surface area contributed by atoms with Gasteiger partial charge in [0.15, 0.2) is 0 Å². The second-order valence-corrected chi connectivity index (χ2v) is 5.19. The van der Waals surface area contributed by atoms with Gasteiger partial charge in [0, 0.05) is 6.04 Å². The zero-order valence-corrected chi connectivity index (χ0v) is 10.4. The van der Waals surface area contributed by atoms with Crippen LogP contribution in [0.5, 0.6) is 0 Å². The van der Waals surface area contributed by atoms with E-state index in [0.717, 1.165) is 24.9 Å². The molecule has 18 heavy (non-hydrogen) atoms. The Kier molecular flexibility index (Phi) is 3.95. The molecule has 100 valence electrons. The molecule has 0 saturated carbocycles. The van der Waals surface area contributed by atoms with E-state index >= 15 is 0 Å². The third kappa shape index (κ3) is 3.48. The highest BCUT2D eigenvalue weighted by Crippen LogP contribution is 2.29. The average molecular weight is 257 g/mol. The van der Waals surface area contributed by atoms with Gasteiger partial charge in [-0.25, -0.2) is 0 Å². The highest BCUT2D eigenvalue weighted by atomic mass is 19.4. The van der Waals surface area contributed by atoms with Crippen molar-refractivity contribution < 1.29 is 13.2 Å². The number of nitrogens with one attached hydrogen (secondary N) is 1. The van der Waals surface area contributed by atoms with Gasteiger partial charge in [0.25, 0.3) is 0 Å². The molecule has 0 radical (unpaired) electrons. The van der Waals surface area contributed by atoms with Crippen LogP contribution >= 0.6 is 0 Å². The first-order valence-corrected chi connectivity index (χ1v) is 6.34. The van der Waals surface area contributed by atoms with Crippen molar-refractivity contribution in [3.8, 4) is 0 Å². The van der Waals surface area contributed by atoms with Crippen LogP contribution < -0.4 is 5.32 Å². The summed E-state index contributed by atoms with van der Waals surface area (Å²) >= 11 is 0. The SMILES string of the molecule is CC1CCC(Cc2ccc(C(F)(F)F)cc2)NC1. The zero-order chi connectivity index (χ0) is 13.2. The van der Waals surface area contributed by atoms with Gasteiger partial charge < -0.3 is 5.32 Å². The monoisotopic (exact) mass is 257 g/mol. The smallest absolute Gasteiger partial charge is 0.313 e. The van der Waals surface area contributed by atoms with Gasteiger partial charge in [0.2, 0.25) is 0 Å². The van der Waals surface area contributed by atoms with Gasteiger partial charge in [-0.05, 0) is 49.4 Å². The molecule has 1 heterocycles. The van der Waals surface area contributed by atoms with Gasteiger partial charge in [-0.3, -0.25) is 0 Å². The van der Waals surface area contributed by atoms with Crippen molar-refractivity contribution >= 4 is 0 Å². The van der Waals surface area contributed by atoms with Crippen LogP contribution in [0.2, 0.25) is 0 Å². The molecule has 2 unspecified atom stereocenters. The van der Waals surface area contributed by atoms with Gasteiger partial charge in [0.1, 0.15) is 0 Å². The largest absolute Gasteiger partial charge is 0.416 e. The summed E-state index contributed by atoms with van der Waals surface area (Å²) in [6.07, 6.45) is -1.14. The number of benzene rings is 1. The van der Waals surface area contributed by atoms with Crippen molar-refractivity contribution in [2.45, 2.75) is 38.4 Å². The van der Waals surface area contributed by atoms with Crippen LogP contribution in [-0.2, 0) is 12.6 Å². The number of alkyl halides is 3. The van der Waals surface area contributed by atoms with E-state index in [1.165, 1.54) is 18.6 Å². The van der Waals surface area contributed by atoms with Crippen molar-refractivity contribution in [2.24, 2.45) is 5.92 Å². The topological polar surface area (TPSA) is 12.0 Å². The first-order valence-electron chi connectivity index (χ1n) is 6.34.